The summed E-state index contributed by atoms with van der Waals surface area (Å²) in [5.41, 5.74) is 5.03. The van der Waals surface area contributed by atoms with Crippen LogP contribution in [-0.4, -0.2) is 38.6 Å². The van der Waals surface area contributed by atoms with Gasteiger partial charge < -0.3 is 18.9 Å². The summed E-state index contributed by atoms with van der Waals surface area (Å²) < 4.78 is 23.7. The van der Waals surface area contributed by atoms with Gasteiger partial charge in [-0.05, 0) is 62.5 Å². The number of hydrogen-bond donors (Lipinski definition) is 0. The Morgan fingerprint density at radius 3 is 1.30 bits per heavy atom. The lowest BCUT2D eigenvalue weighted by molar-refractivity contribution is -0.312. The lowest BCUT2D eigenvalue weighted by atomic mass is 10.0. The normalized spacial score (nSPS) is 23.0. The number of hydrogen-bond acceptors (Lipinski definition) is 6. The first kappa shape index (κ1) is 38.6. The van der Waals surface area contributed by atoms with Gasteiger partial charge in [0.2, 0.25) is 0 Å². The fraction of sp³-hybridized carbons (Fsp3) is 0.700. The summed E-state index contributed by atoms with van der Waals surface area (Å²) in [6.45, 7) is 12.0. The second kappa shape index (κ2) is 24.4. The Labute approximate surface area is 280 Å². The van der Waals surface area contributed by atoms with Crippen molar-refractivity contribution in [3.63, 3.8) is 0 Å². The van der Waals surface area contributed by atoms with Crippen LogP contribution in [0.1, 0.15) is 152 Å². The molecular formula is C40H64O6. The summed E-state index contributed by atoms with van der Waals surface area (Å²) in [7, 11) is 0. The summed E-state index contributed by atoms with van der Waals surface area (Å²) in [6, 6.07) is 17.3. The van der Waals surface area contributed by atoms with E-state index in [4.69, 9.17) is 18.9 Å². The monoisotopic (exact) mass is 640 g/mol. The summed E-state index contributed by atoms with van der Waals surface area (Å²) in [5.74, 6) is 0. The summed E-state index contributed by atoms with van der Waals surface area (Å²) in [5, 5.41) is 0. The van der Waals surface area contributed by atoms with E-state index in [-0.39, 0.29) is 12.6 Å². The van der Waals surface area contributed by atoms with E-state index in [1.165, 1.54) is 75.3 Å². The standard InChI is InChI=1S/C19H30O2.C17H26O2.C4H8O2/c1-3-5-6-7-8-9-18-14-15-20-19(21-18)17-12-10-16(4-2)11-13-17;1-3-5-6-7-16-12-13-18-17(19-16)15-10-8-14(4-2)9-11-15;1-2-4-6-5-3-1/h10-13,18-19H,3-9,14-15H2,1-2H3;8-11,16-17H,3-7,12-13H2,1-2H3;1-4H2. The number of ether oxygens (including phenoxy) is 4. The molecular weight excluding hydrogens is 576 g/mol. The van der Waals surface area contributed by atoms with Crippen LogP contribution in [0.15, 0.2) is 48.5 Å². The molecule has 0 aliphatic carbocycles. The molecule has 2 aromatic carbocycles. The molecule has 4 atom stereocenters. The fourth-order valence-corrected chi connectivity index (χ4v) is 5.81. The molecule has 0 N–H and O–H groups in total. The van der Waals surface area contributed by atoms with Crippen molar-refractivity contribution in [2.75, 3.05) is 26.4 Å². The number of aryl methyl sites for hydroxylation is 2. The van der Waals surface area contributed by atoms with Crippen LogP contribution < -0.4 is 0 Å². The zero-order valence-electron chi connectivity index (χ0n) is 29.5. The molecule has 2 aromatic rings. The van der Waals surface area contributed by atoms with Gasteiger partial charge in [0.15, 0.2) is 12.6 Å². The van der Waals surface area contributed by atoms with E-state index in [9.17, 15) is 0 Å². The fourth-order valence-electron chi connectivity index (χ4n) is 5.81. The average molecular weight is 641 g/mol. The van der Waals surface area contributed by atoms with Crippen LogP contribution in [0.25, 0.3) is 0 Å². The summed E-state index contributed by atoms with van der Waals surface area (Å²) in [6.07, 6.45) is 19.8. The highest BCUT2D eigenvalue weighted by Gasteiger charge is 2.25. The van der Waals surface area contributed by atoms with Crippen molar-refractivity contribution in [2.45, 2.75) is 155 Å². The van der Waals surface area contributed by atoms with Crippen molar-refractivity contribution in [3.05, 3.63) is 70.8 Å². The van der Waals surface area contributed by atoms with Crippen LogP contribution in [0.4, 0.5) is 0 Å². The molecule has 0 radical (unpaired) electrons. The van der Waals surface area contributed by atoms with Gasteiger partial charge in [-0.2, -0.15) is 0 Å². The van der Waals surface area contributed by atoms with Gasteiger partial charge in [0, 0.05) is 11.1 Å². The molecule has 0 spiro atoms. The number of benzene rings is 2. The maximum Gasteiger partial charge on any atom is 0.184 e. The topological polar surface area (TPSA) is 55.4 Å². The predicted molar refractivity (Wildman–Crippen MR) is 187 cm³/mol. The highest BCUT2D eigenvalue weighted by atomic mass is 17.2. The zero-order valence-corrected chi connectivity index (χ0v) is 29.5. The van der Waals surface area contributed by atoms with Gasteiger partial charge in [-0.25, -0.2) is 9.78 Å². The van der Waals surface area contributed by atoms with Crippen LogP contribution in [-0.2, 0) is 41.6 Å². The molecule has 5 rings (SSSR count). The second-order valence-electron chi connectivity index (χ2n) is 12.7. The Balaban J connectivity index is 0.000000212. The molecule has 3 aliphatic rings. The molecule has 6 heteroatoms. The Kier molecular flexibility index (Phi) is 20.5. The first-order valence-corrected chi connectivity index (χ1v) is 18.6. The SMILES string of the molecule is C1CCOOC1.CCCCCC1CCOC(c2ccc(CC)cc2)O1.CCCCCCCC1CCOC(c2ccc(CC)cc2)O1. The Bertz CT molecular complexity index is 978. The molecule has 3 saturated heterocycles. The molecule has 0 saturated carbocycles. The molecule has 4 unspecified atom stereocenters. The zero-order chi connectivity index (χ0) is 32.7. The van der Waals surface area contributed by atoms with Crippen LogP contribution in [0, 0.1) is 0 Å². The van der Waals surface area contributed by atoms with Gasteiger partial charge in [-0.3, -0.25) is 0 Å². The first-order valence-electron chi connectivity index (χ1n) is 18.6. The van der Waals surface area contributed by atoms with Crippen molar-refractivity contribution in [3.8, 4) is 0 Å². The molecule has 0 amide bonds. The summed E-state index contributed by atoms with van der Waals surface area (Å²) >= 11 is 0. The highest BCUT2D eigenvalue weighted by Crippen LogP contribution is 2.30. The molecule has 0 bridgehead atoms. The number of rotatable bonds is 14. The maximum atomic E-state index is 6.13. The Morgan fingerprint density at radius 1 is 0.500 bits per heavy atom. The largest absolute Gasteiger partial charge is 0.348 e. The number of unbranched alkanes of at least 4 members (excludes halogenated alkanes) is 6. The van der Waals surface area contributed by atoms with Crippen LogP contribution >= 0.6 is 0 Å². The van der Waals surface area contributed by atoms with Crippen molar-refractivity contribution < 1.29 is 28.7 Å². The van der Waals surface area contributed by atoms with Gasteiger partial charge in [-0.15, -0.1) is 0 Å². The Hall–Kier alpha value is -1.80. The van der Waals surface area contributed by atoms with Crippen LogP contribution in [0.3, 0.4) is 0 Å². The van der Waals surface area contributed by atoms with E-state index in [0.717, 1.165) is 76.1 Å². The van der Waals surface area contributed by atoms with Crippen LogP contribution in [0.5, 0.6) is 0 Å². The van der Waals surface area contributed by atoms with Crippen LogP contribution in [0.2, 0.25) is 0 Å². The van der Waals surface area contributed by atoms with Gasteiger partial charge in [-0.1, -0.05) is 128 Å². The minimum absolute atomic E-state index is 0.161. The Morgan fingerprint density at radius 2 is 0.913 bits per heavy atom. The molecule has 6 nitrogen and oxygen atoms in total. The van der Waals surface area contributed by atoms with E-state index in [1.54, 1.807) is 0 Å². The molecule has 0 aromatic heterocycles. The quantitative estimate of drug-likeness (QED) is 0.151. The second-order valence-corrected chi connectivity index (χ2v) is 12.7. The van der Waals surface area contributed by atoms with Crippen molar-refractivity contribution in [1.82, 2.24) is 0 Å². The van der Waals surface area contributed by atoms with Gasteiger partial charge in [0.05, 0.1) is 38.6 Å². The molecule has 3 fully saturated rings. The molecule has 260 valence electrons. The third-order valence-electron chi connectivity index (χ3n) is 8.92. The van der Waals surface area contributed by atoms with E-state index >= 15 is 0 Å². The first-order chi connectivity index (χ1) is 22.7. The minimum Gasteiger partial charge on any atom is -0.348 e. The maximum absolute atomic E-state index is 6.13. The van der Waals surface area contributed by atoms with Gasteiger partial charge >= 0.3 is 0 Å². The molecule has 46 heavy (non-hydrogen) atoms. The van der Waals surface area contributed by atoms with Gasteiger partial charge in [0.1, 0.15) is 0 Å². The van der Waals surface area contributed by atoms with Crippen molar-refractivity contribution in [1.29, 1.82) is 0 Å². The lowest BCUT2D eigenvalue weighted by Gasteiger charge is -2.30. The third-order valence-corrected chi connectivity index (χ3v) is 8.92. The minimum atomic E-state index is -0.162. The van der Waals surface area contributed by atoms with Gasteiger partial charge in [0.25, 0.3) is 0 Å². The third kappa shape index (κ3) is 15.4. The van der Waals surface area contributed by atoms with E-state index < -0.39 is 0 Å². The molecule has 3 heterocycles. The van der Waals surface area contributed by atoms with E-state index in [0.29, 0.717) is 12.2 Å². The van der Waals surface area contributed by atoms with Crippen molar-refractivity contribution >= 4 is 0 Å². The van der Waals surface area contributed by atoms with E-state index in [2.05, 4.69) is 86.0 Å². The molecule has 3 aliphatic heterocycles. The van der Waals surface area contributed by atoms with Crippen molar-refractivity contribution in [2.24, 2.45) is 0 Å². The predicted octanol–water partition coefficient (Wildman–Crippen LogP) is 10.8. The highest BCUT2D eigenvalue weighted by molar-refractivity contribution is 5.24. The lowest BCUT2D eigenvalue weighted by Crippen LogP contribution is -2.27. The smallest absolute Gasteiger partial charge is 0.184 e. The van der Waals surface area contributed by atoms with E-state index in [1.807, 2.05) is 0 Å². The average Bonchev–Trinajstić information content (AvgIpc) is 3.13. The summed E-state index contributed by atoms with van der Waals surface area (Å²) in [4.78, 5) is 9.14.